The summed E-state index contributed by atoms with van der Waals surface area (Å²) in [5.74, 6) is -0.353. The Hall–Kier alpha value is -3.27. The van der Waals surface area contributed by atoms with E-state index in [1.807, 2.05) is 30.3 Å². The van der Waals surface area contributed by atoms with Crippen molar-refractivity contribution in [3.05, 3.63) is 62.8 Å². The maximum atomic E-state index is 12.8. The van der Waals surface area contributed by atoms with Crippen LogP contribution < -0.4 is 22.2 Å². The molecule has 0 saturated carbocycles. The molecule has 2 aromatic heterocycles. The number of aromatic nitrogens is 4. The molecule has 3 aromatic rings. The molecule has 0 spiro atoms. The van der Waals surface area contributed by atoms with Gasteiger partial charge < -0.3 is 16.0 Å². The highest BCUT2D eigenvalue weighted by molar-refractivity contribution is 7.99. The number of carbonyl (C=O) groups excluding carboxylic acids is 1. The lowest BCUT2D eigenvalue weighted by molar-refractivity contribution is -0.113. The second kappa shape index (κ2) is 7.54. The van der Waals surface area contributed by atoms with Crippen LogP contribution in [0.2, 0.25) is 0 Å². The van der Waals surface area contributed by atoms with Gasteiger partial charge in [-0.05, 0) is 19.1 Å². The minimum Gasteiger partial charge on any atom is -0.383 e. The highest BCUT2D eigenvalue weighted by Crippen LogP contribution is 2.16. The molecule has 0 aliphatic carbocycles. The molecule has 0 saturated heterocycles. The van der Waals surface area contributed by atoms with E-state index in [2.05, 4.69) is 15.3 Å². The first kappa shape index (κ1) is 18.5. The monoisotopic (exact) mass is 386 g/mol. The van der Waals surface area contributed by atoms with Crippen molar-refractivity contribution < 1.29 is 4.79 Å². The van der Waals surface area contributed by atoms with Crippen LogP contribution in [0.1, 0.15) is 5.69 Å². The molecular weight excluding hydrogens is 368 g/mol. The third kappa shape index (κ3) is 3.95. The van der Waals surface area contributed by atoms with Crippen LogP contribution in [0, 0.1) is 6.92 Å². The molecule has 0 radical (unpaired) electrons. The highest BCUT2D eigenvalue weighted by atomic mass is 32.2. The number of anilines is 2. The lowest BCUT2D eigenvalue weighted by atomic mass is 10.3. The number of para-hydroxylation sites is 1. The number of H-pyrrole nitrogens is 1. The standard InChI is InChI=1S/C17H18N6O3S/c1-10-15(16(26)23(22(10)2)11-6-4-3-5-7-11)20-14(25)9-27-17-19-12(18)8-13(24)21-17/h3-8H,9H2,1-2H3,(H,20,25)(H3,18,19,21,24). The van der Waals surface area contributed by atoms with Gasteiger partial charge in [-0.25, -0.2) is 9.67 Å². The number of aromatic amines is 1. The van der Waals surface area contributed by atoms with E-state index in [0.29, 0.717) is 11.4 Å². The van der Waals surface area contributed by atoms with Gasteiger partial charge >= 0.3 is 0 Å². The van der Waals surface area contributed by atoms with Gasteiger partial charge in [0, 0.05) is 13.1 Å². The fraction of sp³-hybridized carbons (Fsp3) is 0.176. The van der Waals surface area contributed by atoms with Crippen molar-refractivity contribution in [1.82, 2.24) is 19.3 Å². The summed E-state index contributed by atoms with van der Waals surface area (Å²) in [4.78, 5) is 42.8. The van der Waals surface area contributed by atoms with Crippen LogP contribution in [-0.4, -0.2) is 31.0 Å². The van der Waals surface area contributed by atoms with Crippen molar-refractivity contribution in [3.63, 3.8) is 0 Å². The second-order valence-electron chi connectivity index (χ2n) is 5.75. The average Bonchev–Trinajstić information content (AvgIpc) is 2.83. The van der Waals surface area contributed by atoms with Gasteiger partial charge in [-0.2, -0.15) is 0 Å². The smallest absolute Gasteiger partial charge is 0.295 e. The Morgan fingerprint density at radius 1 is 1.30 bits per heavy atom. The van der Waals surface area contributed by atoms with Crippen molar-refractivity contribution in [2.45, 2.75) is 12.1 Å². The average molecular weight is 386 g/mol. The first-order valence-electron chi connectivity index (χ1n) is 8.00. The third-order valence-electron chi connectivity index (χ3n) is 3.90. The molecule has 0 unspecified atom stereocenters. The maximum absolute atomic E-state index is 12.8. The van der Waals surface area contributed by atoms with Crippen molar-refractivity contribution in [2.75, 3.05) is 16.8 Å². The van der Waals surface area contributed by atoms with Gasteiger partial charge in [0.25, 0.3) is 11.1 Å². The quantitative estimate of drug-likeness (QED) is 0.441. The number of nitrogens with one attached hydrogen (secondary N) is 2. The van der Waals surface area contributed by atoms with E-state index in [1.54, 1.807) is 18.7 Å². The van der Waals surface area contributed by atoms with Gasteiger partial charge in [0.05, 0.1) is 17.1 Å². The van der Waals surface area contributed by atoms with E-state index in [1.165, 1.54) is 4.68 Å². The molecule has 9 nitrogen and oxygen atoms in total. The van der Waals surface area contributed by atoms with Crippen molar-refractivity contribution >= 4 is 29.2 Å². The van der Waals surface area contributed by atoms with Crippen LogP contribution in [0.15, 0.2) is 51.1 Å². The van der Waals surface area contributed by atoms with Crippen LogP contribution in [0.5, 0.6) is 0 Å². The zero-order valence-corrected chi connectivity index (χ0v) is 15.5. The Morgan fingerprint density at radius 3 is 2.67 bits per heavy atom. The molecule has 0 aliphatic rings. The number of benzene rings is 1. The molecule has 4 N–H and O–H groups in total. The highest BCUT2D eigenvalue weighted by Gasteiger charge is 2.18. The minimum atomic E-state index is -0.393. The van der Waals surface area contributed by atoms with Crippen LogP contribution in [0.4, 0.5) is 11.5 Å². The van der Waals surface area contributed by atoms with Gasteiger partial charge in [0.2, 0.25) is 5.91 Å². The fourth-order valence-electron chi connectivity index (χ4n) is 2.54. The summed E-state index contributed by atoms with van der Waals surface area (Å²) in [6.45, 7) is 1.75. The second-order valence-corrected chi connectivity index (χ2v) is 6.71. The molecule has 140 valence electrons. The van der Waals surface area contributed by atoms with Crippen molar-refractivity contribution in [2.24, 2.45) is 7.05 Å². The molecule has 0 atom stereocenters. The molecule has 0 fully saturated rings. The molecule has 3 rings (SSSR count). The minimum absolute atomic E-state index is 0.0362. The number of carbonyl (C=O) groups is 1. The van der Waals surface area contributed by atoms with E-state index in [-0.39, 0.29) is 28.0 Å². The first-order chi connectivity index (χ1) is 12.9. The normalized spacial score (nSPS) is 10.7. The molecule has 2 heterocycles. The summed E-state index contributed by atoms with van der Waals surface area (Å²) < 4.78 is 3.16. The van der Waals surface area contributed by atoms with Gasteiger partial charge in [0.15, 0.2) is 5.16 Å². The van der Waals surface area contributed by atoms with Crippen LogP contribution >= 0.6 is 11.8 Å². The van der Waals surface area contributed by atoms with Gasteiger partial charge in [-0.1, -0.05) is 30.0 Å². The number of nitrogens with zero attached hydrogens (tertiary/aromatic N) is 3. The number of amides is 1. The number of rotatable bonds is 5. The number of nitrogens with two attached hydrogens (primary N) is 1. The zero-order chi connectivity index (χ0) is 19.6. The Balaban J connectivity index is 1.78. The van der Waals surface area contributed by atoms with E-state index in [9.17, 15) is 14.4 Å². The Kier molecular flexibility index (Phi) is 5.17. The topological polar surface area (TPSA) is 128 Å². The maximum Gasteiger partial charge on any atom is 0.295 e. The lowest BCUT2D eigenvalue weighted by Crippen LogP contribution is -2.23. The Morgan fingerprint density at radius 2 is 2.00 bits per heavy atom. The SMILES string of the molecule is Cc1c(NC(=O)CSc2nc(N)cc(=O)[nH]2)c(=O)n(-c2ccccc2)n1C. The molecule has 0 aliphatic heterocycles. The summed E-state index contributed by atoms with van der Waals surface area (Å²) >= 11 is 1.02. The molecule has 27 heavy (non-hydrogen) atoms. The van der Waals surface area contributed by atoms with Crippen LogP contribution in [0.3, 0.4) is 0 Å². The van der Waals surface area contributed by atoms with Crippen molar-refractivity contribution in [3.8, 4) is 5.69 Å². The molecule has 10 heteroatoms. The summed E-state index contributed by atoms with van der Waals surface area (Å²) in [7, 11) is 1.75. The van der Waals surface area contributed by atoms with Gasteiger partial charge in [0.1, 0.15) is 11.5 Å². The predicted octanol–water partition coefficient (Wildman–Crippen LogP) is 0.881. The van der Waals surface area contributed by atoms with Crippen molar-refractivity contribution in [1.29, 1.82) is 0 Å². The third-order valence-corrected chi connectivity index (χ3v) is 4.77. The molecular formula is C17H18N6O3S. The first-order valence-corrected chi connectivity index (χ1v) is 8.99. The number of nitrogen functional groups attached to an aromatic ring is 1. The van der Waals surface area contributed by atoms with E-state index >= 15 is 0 Å². The molecule has 1 aromatic carbocycles. The van der Waals surface area contributed by atoms with Crippen LogP contribution in [0.25, 0.3) is 5.69 Å². The van der Waals surface area contributed by atoms with E-state index in [0.717, 1.165) is 17.8 Å². The summed E-state index contributed by atoms with van der Waals surface area (Å²) in [6.07, 6.45) is 0. The predicted molar refractivity (Wildman–Crippen MR) is 104 cm³/mol. The molecule has 0 bridgehead atoms. The van der Waals surface area contributed by atoms with Crippen LogP contribution in [-0.2, 0) is 11.8 Å². The van der Waals surface area contributed by atoms with E-state index in [4.69, 9.17) is 5.73 Å². The van der Waals surface area contributed by atoms with Gasteiger partial charge in [-0.15, -0.1) is 0 Å². The summed E-state index contributed by atoms with van der Waals surface area (Å²) in [6, 6.07) is 10.3. The number of thioether (sulfide) groups is 1. The summed E-state index contributed by atoms with van der Waals surface area (Å²) in [5.41, 5.74) is 6.33. The number of hydrogen-bond donors (Lipinski definition) is 3. The summed E-state index contributed by atoms with van der Waals surface area (Å²) in [5, 5.41) is 2.88. The fourth-order valence-corrected chi connectivity index (χ4v) is 3.23. The van der Waals surface area contributed by atoms with E-state index < -0.39 is 11.5 Å². The molecule has 1 amide bonds. The number of hydrogen-bond acceptors (Lipinski definition) is 6. The zero-order valence-electron chi connectivity index (χ0n) is 14.7. The Bertz CT molecular complexity index is 1100. The largest absolute Gasteiger partial charge is 0.383 e. The van der Waals surface area contributed by atoms with Gasteiger partial charge in [-0.3, -0.25) is 19.1 Å². The Labute approximate surface area is 158 Å². The lowest BCUT2D eigenvalue weighted by Gasteiger charge is -2.07.